The van der Waals surface area contributed by atoms with Gasteiger partial charge in [0.05, 0.1) is 0 Å². The maximum absolute atomic E-state index is 12.6. The van der Waals surface area contributed by atoms with E-state index >= 15 is 0 Å². The van der Waals surface area contributed by atoms with E-state index in [1.165, 1.54) is 0 Å². The SMILES string of the molecule is N=C(N)C(CN1CC2CCC1C2)C(F)(F)F. The van der Waals surface area contributed by atoms with E-state index in [4.69, 9.17) is 11.1 Å². The van der Waals surface area contributed by atoms with E-state index in [1.807, 2.05) is 4.90 Å². The number of fused-ring (bicyclic) bond motifs is 2. The molecule has 3 nitrogen and oxygen atoms in total. The van der Waals surface area contributed by atoms with Crippen LogP contribution < -0.4 is 5.73 Å². The Balaban J connectivity index is 1.99. The molecule has 0 radical (unpaired) electrons. The first-order valence-corrected chi connectivity index (χ1v) is 5.52. The fourth-order valence-electron chi connectivity index (χ4n) is 2.86. The van der Waals surface area contributed by atoms with Crippen LogP contribution in [0.3, 0.4) is 0 Å². The summed E-state index contributed by atoms with van der Waals surface area (Å²) in [6, 6.07) is 0.286. The number of likely N-dealkylation sites (tertiary alicyclic amines) is 1. The van der Waals surface area contributed by atoms with Gasteiger partial charge < -0.3 is 5.73 Å². The molecule has 2 bridgehead atoms. The van der Waals surface area contributed by atoms with Crippen molar-refractivity contribution in [3.63, 3.8) is 0 Å². The molecule has 3 unspecified atom stereocenters. The van der Waals surface area contributed by atoms with Gasteiger partial charge in [0.1, 0.15) is 11.8 Å². The number of nitrogens with one attached hydrogen (secondary N) is 1. The Morgan fingerprint density at radius 1 is 1.44 bits per heavy atom. The first-order chi connectivity index (χ1) is 7.38. The van der Waals surface area contributed by atoms with Gasteiger partial charge in [0, 0.05) is 19.1 Å². The molecule has 6 heteroatoms. The molecule has 92 valence electrons. The van der Waals surface area contributed by atoms with Crippen LogP contribution in [0.4, 0.5) is 13.2 Å². The molecule has 0 spiro atoms. The van der Waals surface area contributed by atoms with Crippen LogP contribution in [-0.4, -0.2) is 36.0 Å². The average Bonchev–Trinajstić information content (AvgIpc) is 2.72. The second-order valence-electron chi connectivity index (χ2n) is 4.84. The van der Waals surface area contributed by atoms with Crippen molar-refractivity contribution in [3.8, 4) is 0 Å². The van der Waals surface area contributed by atoms with Crippen LogP contribution in [0.2, 0.25) is 0 Å². The van der Waals surface area contributed by atoms with Gasteiger partial charge in [-0.3, -0.25) is 10.3 Å². The molecule has 16 heavy (non-hydrogen) atoms. The lowest BCUT2D eigenvalue weighted by Gasteiger charge is -2.31. The zero-order valence-corrected chi connectivity index (χ0v) is 8.93. The van der Waals surface area contributed by atoms with Gasteiger partial charge >= 0.3 is 6.18 Å². The third kappa shape index (κ3) is 2.16. The number of amidine groups is 1. The molecule has 3 atom stereocenters. The van der Waals surface area contributed by atoms with Crippen LogP contribution in [0.5, 0.6) is 0 Å². The van der Waals surface area contributed by atoms with E-state index in [9.17, 15) is 13.2 Å². The zero-order chi connectivity index (χ0) is 11.9. The van der Waals surface area contributed by atoms with Crippen LogP contribution in [0, 0.1) is 17.2 Å². The molecule has 1 saturated carbocycles. The molecule has 0 amide bonds. The first kappa shape index (κ1) is 11.7. The molecule has 0 aromatic carbocycles. The topological polar surface area (TPSA) is 53.1 Å². The van der Waals surface area contributed by atoms with Gasteiger partial charge in [-0.25, -0.2) is 0 Å². The fourth-order valence-corrected chi connectivity index (χ4v) is 2.86. The Kier molecular flexibility index (Phi) is 2.86. The van der Waals surface area contributed by atoms with E-state index in [-0.39, 0.29) is 12.6 Å². The highest BCUT2D eigenvalue weighted by Gasteiger charge is 2.46. The van der Waals surface area contributed by atoms with Gasteiger partial charge in [-0.05, 0) is 25.2 Å². The minimum Gasteiger partial charge on any atom is -0.387 e. The summed E-state index contributed by atoms with van der Waals surface area (Å²) < 4.78 is 37.9. The van der Waals surface area contributed by atoms with E-state index in [2.05, 4.69) is 0 Å². The van der Waals surface area contributed by atoms with Gasteiger partial charge in [0.2, 0.25) is 0 Å². The molecular weight excluding hydrogens is 219 g/mol. The number of alkyl halides is 3. The highest BCUT2D eigenvalue weighted by Crippen LogP contribution is 2.39. The molecule has 0 aromatic heterocycles. The number of halogens is 3. The lowest BCUT2D eigenvalue weighted by molar-refractivity contribution is -0.160. The molecule has 2 fully saturated rings. The number of hydrogen-bond acceptors (Lipinski definition) is 2. The first-order valence-electron chi connectivity index (χ1n) is 5.52. The third-order valence-corrected chi connectivity index (χ3v) is 3.71. The van der Waals surface area contributed by atoms with Crippen molar-refractivity contribution in [2.75, 3.05) is 13.1 Å². The predicted octanol–water partition coefficient (Wildman–Crippen LogP) is 1.59. The lowest BCUT2D eigenvalue weighted by atomic mass is 10.0. The van der Waals surface area contributed by atoms with Crippen molar-refractivity contribution in [2.45, 2.75) is 31.5 Å². The highest BCUT2D eigenvalue weighted by atomic mass is 19.4. The molecule has 1 aliphatic carbocycles. The second kappa shape index (κ2) is 3.91. The van der Waals surface area contributed by atoms with E-state index in [1.54, 1.807) is 0 Å². The van der Waals surface area contributed by atoms with Crippen molar-refractivity contribution in [1.29, 1.82) is 5.41 Å². The van der Waals surface area contributed by atoms with Crippen LogP contribution in [0.1, 0.15) is 19.3 Å². The van der Waals surface area contributed by atoms with Gasteiger partial charge in [-0.1, -0.05) is 0 Å². The normalized spacial score (nSPS) is 31.9. The van der Waals surface area contributed by atoms with E-state index < -0.39 is 17.9 Å². The smallest absolute Gasteiger partial charge is 0.387 e. The number of nitrogens with zero attached hydrogens (tertiary/aromatic N) is 1. The Morgan fingerprint density at radius 2 is 2.12 bits per heavy atom. The number of hydrogen-bond donors (Lipinski definition) is 2. The van der Waals surface area contributed by atoms with Crippen molar-refractivity contribution in [3.05, 3.63) is 0 Å². The Hall–Kier alpha value is -0.780. The number of rotatable bonds is 3. The summed E-state index contributed by atoms with van der Waals surface area (Å²) in [5.74, 6) is -2.01. The van der Waals surface area contributed by atoms with Crippen molar-refractivity contribution < 1.29 is 13.2 Å². The zero-order valence-electron chi connectivity index (χ0n) is 8.93. The highest BCUT2D eigenvalue weighted by molar-refractivity contribution is 5.80. The summed E-state index contributed by atoms with van der Waals surface area (Å²) in [4.78, 5) is 1.85. The fraction of sp³-hybridized carbons (Fsp3) is 0.900. The number of nitrogens with two attached hydrogens (primary N) is 1. The maximum atomic E-state index is 12.6. The van der Waals surface area contributed by atoms with E-state index in [0.717, 1.165) is 25.8 Å². The Morgan fingerprint density at radius 3 is 2.50 bits per heavy atom. The summed E-state index contributed by atoms with van der Waals surface area (Å²) in [5, 5.41) is 7.04. The lowest BCUT2D eigenvalue weighted by Crippen LogP contribution is -2.46. The molecule has 3 N–H and O–H groups in total. The average molecular weight is 235 g/mol. The molecule has 1 aliphatic heterocycles. The Bertz CT molecular complexity index is 290. The van der Waals surface area contributed by atoms with Crippen molar-refractivity contribution >= 4 is 5.84 Å². The van der Waals surface area contributed by atoms with Gasteiger partial charge in [0.15, 0.2) is 0 Å². The van der Waals surface area contributed by atoms with Crippen LogP contribution in [0.25, 0.3) is 0 Å². The van der Waals surface area contributed by atoms with Crippen LogP contribution in [-0.2, 0) is 0 Å². The summed E-state index contributed by atoms with van der Waals surface area (Å²) in [6.07, 6.45) is -1.25. The minimum atomic E-state index is -4.40. The molecule has 1 heterocycles. The monoisotopic (exact) mass is 235 g/mol. The largest absolute Gasteiger partial charge is 0.399 e. The molecular formula is C10H16F3N3. The summed E-state index contributed by atoms with van der Waals surface area (Å²) >= 11 is 0. The van der Waals surface area contributed by atoms with Gasteiger partial charge in [-0.2, -0.15) is 13.2 Å². The Labute approximate surface area is 92.3 Å². The predicted molar refractivity (Wildman–Crippen MR) is 54.2 cm³/mol. The minimum absolute atomic E-state index is 0.139. The molecule has 2 aliphatic rings. The quantitative estimate of drug-likeness (QED) is 0.576. The van der Waals surface area contributed by atoms with Crippen LogP contribution in [0.15, 0.2) is 0 Å². The molecule has 2 rings (SSSR count). The third-order valence-electron chi connectivity index (χ3n) is 3.71. The number of piperidine rings is 1. The van der Waals surface area contributed by atoms with Crippen molar-refractivity contribution in [1.82, 2.24) is 4.90 Å². The molecule has 0 aromatic rings. The van der Waals surface area contributed by atoms with Crippen molar-refractivity contribution in [2.24, 2.45) is 17.6 Å². The van der Waals surface area contributed by atoms with Gasteiger partial charge in [0.25, 0.3) is 0 Å². The summed E-state index contributed by atoms with van der Waals surface area (Å²) in [7, 11) is 0. The summed E-state index contributed by atoms with van der Waals surface area (Å²) in [6.45, 7) is 0.602. The van der Waals surface area contributed by atoms with E-state index in [0.29, 0.717) is 5.92 Å². The summed E-state index contributed by atoms with van der Waals surface area (Å²) in [5.41, 5.74) is 5.04. The molecule has 1 saturated heterocycles. The maximum Gasteiger partial charge on any atom is 0.399 e. The van der Waals surface area contributed by atoms with Crippen LogP contribution >= 0.6 is 0 Å². The van der Waals surface area contributed by atoms with Gasteiger partial charge in [-0.15, -0.1) is 0 Å². The standard InChI is InChI=1S/C10H16F3N3/c11-10(12,13)8(9(14)15)5-16-4-6-1-2-7(16)3-6/h6-8H,1-5H2,(H3,14,15). The second-order valence-corrected chi connectivity index (χ2v) is 4.84.